The second-order valence-electron chi connectivity index (χ2n) is 7.14. The molecular formula is C20H28N4O4S. The molecule has 0 radical (unpaired) electrons. The van der Waals surface area contributed by atoms with Gasteiger partial charge >= 0.3 is 0 Å². The lowest BCUT2D eigenvalue weighted by atomic mass is 10.2. The van der Waals surface area contributed by atoms with E-state index < -0.39 is 0 Å². The Kier molecular flexibility index (Phi) is 7.38. The average molecular weight is 421 g/mol. The maximum atomic E-state index is 12.5. The van der Waals surface area contributed by atoms with Gasteiger partial charge in [0.1, 0.15) is 17.3 Å². The molecular weight excluding hydrogens is 392 g/mol. The fourth-order valence-electron chi connectivity index (χ4n) is 3.22. The van der Waals surface area contributed by atoms with Crippen LogP contribution in [0.2, 0.25) is 0 Å². The second-order valence-corrected chi connectivity index (χ2v) is 8.09. The van der Waals surface area contributed by atoms with Gasteiger partial charge in [0, 0.05) is 18.6 Å². The lowest BCUT2D eigenvalue weighted by Crippen LogP contribution is -2.19. The molecule has 158 valence electrons. The van der Waals surface area contributed by atoms with Gasteiger partial charge in [-0.15, -0.1) is 10.2 Å². The van der Waals surface area contributed by atoms with Crippen molar-refractivity contribution in [3.05, 3.63) is 24.0 Å². The van der Waals surface area contributed by atoms with Gasteiger partial charge in [-0.25, -0.2) is 0 Å². The van der Waals surface area contributed by atoms with E-state index in [1.807, 2.05) is 0 Å². The summed E-state index contributed by atoms with van der Waals surface area (Å²) < 4.78 is 18.4. The van der Waals surface area contributed by atoms with Crippen LogP contribution in [0.3, 0.4) is 0 Å². The molecule has 9 heteroatoms. The van der Waals surface area contributed by atoms with Crippen LogP contribution in [0, 0.1) is 0 Å². The van der Waals surface area contributed by atoms with Crippen LogP contribution < -0.4 is 14.8 Å². The number of carbonyl (C=O) groups is 1. The molecule has 1 amide bonds. The van der Waals surface area contributed by atoms with Crippen LogP contribution in [0.1, 0.15) is 38.4 Å². The topological polar surface area (TPSA) is 87.5 Å². The van der Waals surface area contributed by atoms with Crippen molar-refractivity contribution in [1.29, 1.82) is 0 Å². The Morgan fingerprint density at radius 3 is 2.83 bits per heavy atom. The molecule has 1 atom stereocenters. The molecule has 0 unspecified atom stereocenters. The minimum atomic E-state index is -0.142. The number of aromatic nitrogens is 3. The zero-order valence-electron chi connectivity index (χ0n) is 17.3. The van der Waals surface area contributed by atoms with E-state index in [4.69, 9.17) is 14.2 Å². The third-order valence-corrected chi connectivity index (χ3v) is 5.65. The SMILES string of the molecule is COc1ccc(NC(=O)CSc2nnc(C(C)C)n2C[C@@H]2CCCO2)c(OC)c1. The molecule has 1 aliphatic heterocycles. The number of benzene rings is 1. The highest BCUT2D eigenvalue weighted by Crippen LogP contribution is 2.30. The number of anilines is 1. The van der Waals surface area contributed by atoms with Crippen molar-refractivity contribution < 1.29 is 19.0 Å². The van der Waals surface area contributed by atoms with Gasteiger partial charge < -0.3 is 24.1 Å². The van der Waals surface area contributed by atoms with E-state index in [2.05, 4.69) is 33.9 Å². The summed E-state index contributed by atoms with van der Waals surface area (Å²) in [5.74, 6) is 2.45. The first-order valence-corrected chi connectivity index (χ1v) is 10.7. The number of nitrogens with one attached hydrogen (secondary N) is 1. The van der Waals surface area contributed by atoms with Gasteiger partial charge in [0.2, 0.25) is 5.91 Å². The number of nitrogens with zero attached hydrogens (tertiary/aromatic N) is 3. The first kappa shape index (κ1) is 21.4. The number of amides is 1. The summed E-state index contributed by atoms with van der Waals surface area (Å²) in [6.45, 7) is 5.70. The molecule has 3 rings (SSSR count). The van der Waals surface area contributed by atoms with E-state index in [0.29, 0.717) is 17.2 Å². The molecule has 0 saturated carbocycles. The standard InChI is InChI=1S/C20H28N4O4S/c1-13(2)19-22-23-20(24(19)11-15-6-5-9-28-15)29-12-18(25)21-16-8-7-14(26-3)10-17(16)27-4/h7-8,10,13,15H,5-6,9,11-12H2,1-4H3,(H,21,25)/t15-/m0/s1. The summed E-state index contributed by atoms with van der Waals surface area (Å²) in [5, 5.41) is 12.3. The van der Waals surface area contributed by atoms with Crippen LogP contribution >= 0.6 is 11.8 Å². The summed E-state index contributed by atoms with van der Waals surface area (Å²) >= 11 is 1.37. The van der Waals surface area contributed by atoms with Crippen LogP contribution in [0.4, 0.5) is 5.69 Å². The van der Waals surface area contributed by atoms with E-state index >= 15 is 0 Å². The molecule has 1 saturated heterocycles. The van der Waals surface area contributed by atoms with Crippen LogP contribution in [-0.2, 0) is 16.1 Å². The second kappa shape index (κ2) is 9.98. The highest BCUT2D eigenvalue weighted by atomic mass is 32.2. The minimum Gasteiger partial charge on any atom is -0.497 e. The number of rotatable bonds is 9. The Balaban J connectivity index is 1.65. The van der Waals surface area contributed by atoms with Gasteiger partial charge in [0.05, 0.1) is 38.3 Å². The van der Waals surface area contributed by atoms with Crippen LogP contribution in [-0.4, -0.2) is 53.4 Å². The third-order valence-electron chi connectivity index (χ3n) is 4.69. The Morgan fingerprint density at radius 2 is 2.17 bits per heavy atom. The molecule has 2 aromatic rings. The molecule has 1 N–H and O–H groups in total. The maximum Gasteiger partial charge on any atom is 0.234 e. The zero-order valence-corrected chi connectivity index (χ0v) is 18.1. The van der Waals surface area contributed by atoms with Crippen LogP contribution in [0.15, 0.2) is 23.4 Å². The molecule has 1 aliphatic rings. The number of hydrogen-bond acceptors (Lipinski definition) is 7. The molecule has 1 aromatic carbocycles. The fraction of sp³-hybridized carbons (Fsp3) is 0.550. The Hall–Kier alpha value is -2.26. The smallest absolute Gasteiger partial charge is 0.234 e. The number of ether oxygens (including phenoxy) is 3. The summed E-state index contributed by atoms with van der Waals surface area (Å²) in [5.41, 5.74) is 0.600. The molecule has 8 nitrogen and oxygen atoms in total. The normalized spacial score (nSPS) is 16.2. The minimum absolute atomic E-state index is 0.142. The lowest BCUT2D eigenvalue weighted by Gasteiger charge is -2.16. The zero-order chi connectivity index (χ0) is 20.8. The van der Waals surface area contributed by atoms with Crippen molar-refractivity contribution in [2.24, 2.45) is 0 Å². The first-order chi connectivity index (χ1) is 14.0. The third kappa shape index (κ3) is 5.42. The Bertz CT molecular complexity index is 834. The van der Waals surface area contributed by atoms with Crippen molar-refractivity contribution in [3.8, 4) is 11.5 Å². The van der Waals surface area contributed by atoms with Crippen molar-refractivity contribution in [3.63, 3.8) is 0 Å². The fourth-order valence-corrected chi connectivity index (χ4v) is 3.97. The first-order valence-electron chi connectivity index (χ1n) is 9.71. The van der Waals surface area contributed by atoms with Gasteiger partial charge in [-0.1, -0.05) is 25.6 Å². The van der Waals surface area contributed by atoms with Crippen molar-refractivity contribution >= 4 is 23.4 Å². The van der Waals surface area contributed by atoms with Crippen LogP contribution in [0.5, 0.6) is 11.5 Å². The molecule has 2 heterocycles. The molecule has 29 heavy (non-hydrogen) atoms. The van der Waals surface area contributed by atoms with E-state index in [-0.39, 0.29) is 23.7 Å². The van der Waals surface area contributed by atoms with E-state index in [0.717, 1.165) is 37.0 Å². The molecule has 1 fully saturated rings. The van der Waals surface area contributed by atoms with Crippen LogP contribution in [0.25, 0.3) is 0 Å². The summed E-state index contributed by atoms with van der Waals surface area (Å²) in [4.78, 5) is 12.5. The largest absolute Gasteiger partial charge is 0.497 e. The molecule has 0 aliphatic carbocycles. The average Bonchev–Trinajstić information content (AvgIpc) is 3.37. The van der Waals surface area contributed by atoms with E-state index in [1.54, 1.807) is 32.4 Å². The number of hydrogen-bond donors (Lipinski definition) is 1. The predicted molar refractivity (Wildman–Crippen MR) is 112 cm³/mol. The van der Waals surface area contributed by atoms with Crippen molar-refractivity contribution in [1.82, 2.24) is 14.8 Å². The summed E-state index contributed by atoms with van der Waals surface area (Å²) in [7, 11) is 3.14. The number of methoxy groups -OCH3 is 2. The van der Waals surface area contributed by atoms with Gasteiger partial charge in [0.15, 0.2) is 5.16 Å². The molecule has 0 spiro atoms. The maximum absolute atomic E-state index is 12.5. The highest BCUT2D eigenvalue weighted by molar-refractivity contribution is 7.99. The van der Waals surface area contributed by atoms with Gasteiger partial charge in [0.25, 0.3) is 0 Å². The van der Waals surface area contributed by atoms with E-state index in [9.17, 15) is 4.79 Å². The quantitative estimate of drug-likeness (QED) is 0.623. The van der Waals surface area contributed by atoms with Crippen molar-refractivity contribution in [2.75, 3.05) is 31.9 Å². The summed E-state index contributed by atoms with van der Waals surface area (Å²) in [6, 6.07) is 5.27. The van der Waals surface area contributed by atoms with Gasteiger partial charge in [-0.3, -0.25) is 4.79 Å². The Morgan fingerprint density at radius 1 is 1.34 bits per heavy atom. The van der Waals surface area contributed by atoms with Gasteiger partial charge in [-0.2, -0.15) is 0 Å². The molecule has 1 aromatic heterocycles. The number of thioether (sulfide) groups is 1. The summed E-state index contributed by atoms with van der Waals surface area (Å²) in [6.07, 6.45) is 2.30. The lowest BCUT2D eigenvalue weighted by molar-refractivity contribution is -0.113. The predicted octanol–water partition coefficient (Wildman–Crippen LogP) is 3.33. The number of carbonyl (C=O) groups excluding carboxylic acids is 1. The van der Waals surface area contributed by atoms with Crippen molar-refractivity contribution in [2.45, 2.75) is 50.4 Å². The monoisotopic (exact) mass is 420 g/mol. The van der Waals surface area contributed by atoms with E-state index in [1.165, 1.54) is 11.8 Å². The van der Waals surface area contributed by atoms with Gasteiger partial charge in [-0.05, 0) is 25.0 Å². The highest BCUT2D eigenvalue weighted by Gasteiger charge is 2.22. The Labute approximate surface area is 175 Å². The molecule has 0 bridgehead atoms.